The predicted molar refractivity (Wildman–Crippen MR) is 172 cm³/mol. The van der Waals surface area contributed by atoms with Gasteiger partial charge in [0.05, 0.1) is 38.4 Å². The zero-order chi connectivity index (χ0) is 33.4. The molecule has 0 aliphatic carbocycles. The molecule has 11 heteroatoms. The lowest BCUT2D eigenvalue weighted by molar-refractivity contribution is 0.0504. The van der Waals surface area contributed by atoms with E-state index in [0.29, 0.717) is 35.3 Å². The lowest BCUT2D eigenvalue weighted by Crippen LogP contribution is -2.06. The van der Waals surface area contributed by atoms with Crippen LogP contribution in [0.4, 0.5) is 0 Å². The third kappa shape index (κ3) is 12.0. The molecular weight excluding hydrogens is 600 g/mol. The summed E-state index contributed by atoms with van der Waals surface area (Å²) in [6.07, 6.45) is 0.715. The molecule has 1 unspecified atom stereocenters. The Kier molecular flexibility index (Phi) is 15.1. The van der Waals surface area contributed by atoms with Crippen molar-refractivity contribution in [3.05, 3.63) is 96.1 Å². The monoisotopic (exact) mass is 640 g/mol. The summed E-state index contributed by atoms with van der Waals surface area (Å²) in [5, 5.41) is 27.8. The minimum absolute atomic E-state index is 0.0310. The fourth-order valence-corrected chi connectivity index (χ4v) is 4.20. The van der Waals surface area contributed by atoms with E-state index < -0.39 is 28.5 Å². The van der Waals surface area contributed by atoms with Crippen molar-refractivity contribution in [1.29, 1.82) is 0 Å². The van der Waals surface area contributed by atoms with E-state index >= 15 is 0 Å². The first kappa shape index (κ1) is 36.3. The van der Waals surface area contributed by atoms with E-state index in [0.717, 1.165) is 11.8 Å². The van der Waals surface area contributed by atoms with Crippen LogP contribution in [0.3, 0.4) is 0 Å². The Morgan fingerprint density at radius 3 is 1.78 bits per heavy atom. The van der Waals surface area contributed by atoms with Crippen LogP contribution < -0.4 is 18.4 Å². The number of carbonyl (C=O) groups excluding carboxylic acids is 1. The molecule has 0 aliphatic rings. The van der Waals surface area contributed by atoms with Crippen LogP contribution in [-0.2, 0) is 15.8 Å². The Labute approximate surface area is 266 Å². The van der Waals surface area contributed by atoms with E-state index in [-0.39, 0.29) is 17.1 Å². The second-order valence-corrected chi connectivity index (χ2v) is 10.7. The number of esters is 1. The molecular formula is C34H40O10S. The van der Waals surface area contributed by atoms with Gasteiger partial charge in [0.1, 0.15) is 23.0 Å². The van der Waals surface area contributed by atoms with Crippen LogP contribution in [0.1, 0.15) is 49.0 Å². The van der Waals surface area contributed by atoms with Crippen LogP contribution in [0.5, 0.6) is 40.2 Å². The van der Waals surface area contributed by atoms with Crippen LogP contribution in [0.25, 0.3) is 0 Å². The number of carbonyl (C=O) groups is 1. The molecule has 0 saturated heterocycles. The number of methoxy groups -OCH3 is 3. The van der Waals surface area contributed by atoms with E-state index in [1.807, 2.05) is 19.1 Å². The maximum absolute atomic E-state index is 11.9. The van der Waals surface area contributed by atoms with Crippen LogP contribution >= 0.6 is 0 Å². The minimum Gasteiger partial charge on any atom is -0.508 e. The lowest BCUT2D eigenvalue weighted by atomic mass is 10.0. The van der Waals surface area contributed by atoms with Crippen molar-refractivity contribution < 1.29 is 47.5 Å². The van der Waals surface area contributed by atoms with Gasteiger partial charge in [0.2, 0.25) is 16.8 Å². The average molecular weight is 641 g/mol. The maximum Gasteiger partial charge on any atom is 0.338 e. The van der Waals surface area contributed by atoms with Crippen molar-refractivity contribution >= 4 is 17.0 Å². The van der Waals surface area contributed by atoms with Gasteiger partial charge in [0.25, 0.3) is 0 Å². The van der Waals surface area contributed by atoms with Crippen molar-refractivity contribution in [2.24, 2.45) is 0 Å². The molecule has 0 bridgehead atoms. The molecule has 0 saturated carbocycles. The first-order valence-corrected chi connectivity index (χ1v) is 15.0. The SMILES string of the molecule is CCCOC(=O)c1cc(O)c(O)c(OC)c1.COc1ccc(C(C)C)cc1.COc1ccc(S(=O)Oc2ccc(O)cc2)cc1. The van der Waals surface area contributed by atoms with Crippen LogP contribution in [0.2, 0.25) is 0 Å². The molecule has 1 atom stereocenters. The summed E-state index contributed by atoms with van der Waals surface area (Å²) in [6.45, 7) is 6.55. The summed E-state index contributed by atoms with van der Waals surface area (Å²) in [5.41, 5.74) is 1.49. The molecule has 0 fully saturated rings. The number of hydrogen-bond donors (Lipinski definition) is 3. The molecule has 45 heavy (non-hydrogen) atoms. The first-order valence-electron chi connectivity index (χ1n) is 14.0. The zero-order valence-corrected chi connectivity index (χ0v) is 27.0. The van der Waals surface area contributed by atoms with E-state index in [1.54, 1.807) is 50.6 Å². The van der Waals surface area contributed by atoms with E-state index in [4.69, 9.17) is 28.2 Å². The van der Waals surface area contributed by atoms with Crippen molar-refractivity contribution in [1.82, 2.24) is 0 Å². The quantitative estimate of drug-likeness (QED) is 0.123. The van der Waals surface area contributed by atoms with Crippen molar-refractivity contribution in [2.75, 3.05) is 27.9 Å². The second-order valence-electron chi connectivity index (χ2n) is 9.60. The number of ether oxygens (including phenoxy) is 4. The first-order chi connectivity index (χ1) is 21.5. The minimum atomic E-state index is -1.59. The van der Waals surface area contributed by atoms with E-state index in [9.17, 15) is 19.2 Å². The Morgan fingerprint density at radius 1 is 0.756 bits per heavy atom. The van der Waals surface area contributed by atoms with Crippen molar-refractivity contribution in [3.8, 4) is 40.2 Å². The highest BCUT2D eigenvalue weighted by molar-refractivity contribution is 7.80. The van der Waals surface area contributed by atoms with Gasteiger partial charge in [0, 0.05) is 0 Å². The highest BCUT2D eigenvalue weighted by Gasteiger charge is 2.15. The van der Waals surface area contributed by atoms with Gasteiger partial charge >= 0.3 is 5.97 Å². The smallest absolute Gasteiger partial charge is 0.338 e. The highest BCUT2D eigenvalue weighted by atomic mass is 32.2. The molecule has 4 rings (SSSR count). The fraction of sp³-hybridized carbons (Fsp3) is 0.265. The molecule has 0 spiro atoms. The summed E-state index contributed by atoms with van der Waals surface area (Å²) in [5.74, 6) is 1.45. The average Bonchev–Trinajstić information content (AvgIpc) is 3.06. The summed E-state index contributed by atoms with van der Waals surface area (Å²) >= 11 is -1.59. The number of phenolic OH excluding ortho intramolecular Hbond substituents is 3. The number of phenols is 3. The van der Waals surface area contributed by atoms with E-state index in [1.165, 1.54) is 30.9 Å². The summed E-state index contributed by atoms with van der Waals surface area (Å²) < 4.78 is 36.9. The van der Waals surface area contributed by atoms with Gasteiger partial charge < -0.3 is 38.5 Å². The third-order valence-electron chi connectivity index (χ3n) is 5.99. The summed E-state index contributed by atoms with van der Waals surface area (Å²) in [4.78, 5) is 12.0. The molecule has 4 aromatic carbocycles. The molecule has 0 aromatic heterocycles. The van der Waals surface area contributed by atoms with Crippen LogP contribution in [-0.4, -0.2) is 53.4 Å². The Hall–Kier alpha value is -4.90. The number of aromatic hydroxyl groups is 3. The number of hydrogen-bond acceptors (Lipinski definition) is 10. The van der Waals surface area contributed by atoms with Gasteiger partial charge in [-0.25, -0.2) is 9.00 Å². The van der Waals surface area contributed by atoms with Gasteiger partial charge in [0.15, 0.2) is 11.5 Å². The van der Waals surface area contributed by atoms with Gasteiger partial charge in [-0.1, -0.05) is 32.9 Å². The van der Waals surface area contributed by atoms with Crippen molar-refractivity contribution in [2.45, 2.75) is 38.0 Å². The molecule has 0 amide bonds. The standard InChI is InChI=1S/C13H12O4S.C11H14O5.C10H14O/c1-16-11-6-8-13(9-7-11)18(15)17-12-4-2-10(14)3-5-12;1-3-4-16-11(14)7-5-8(12)10(13)9(6-7)15-2;1-8(2)9-4-6-10(11-3)7-5-9/h2-9,14H,1H3;5-6,12-13H,3-4H2,1-2H3;4-8H,1-3H3. The van der Waals surface area contributed by atoms with Crippen LogP contribution in [0.15, 0.2) is 89.8 Å². The van der Waals surface area contributed by atoms with Crippen molar-refractivity contribution in [3.63, 3.8) is 0 Å². The largest absolute Gasteiger partial charge is 0.508 e. The zero-order valence-electron chi connectivity index (χ0n) is 26.2. The molecule has 0 aliphatic heterocycles. The molecule has 0 radical (unpaired) electrons. The topological polar surface area (TPSA) is 141 Å². The Bertz CT molecular complexity index is 1490. The van der Waals surface area contributed by atoms with Gasteiger partial charge in [-0.3, -0.25) is 0 Å². The third-order valence-corrected chi connectivity index (χ3v) is 6.99. The van der Waals surface area contributed by atoms with E-state index in [2.05, 4.69) is 26.0 Å². The highest BCUT2D eigenvalue weighted by Crippen LogP contribution is 2.36. The normalized spacial score (nSPS) is 10.7. The maximum atomic E-state index is 11.9. The van der Waals surface area contributed by atoms with Gasteiger partial charge in [-0.15, -0.1) is 0 Å². The molecule has 4 aromatic rings. The molecule has 3 N–H and O–H groups in total. The number of benzene rings is 4. The fourth-order valence-electron chi connectivity index (χ4n) is 3.46. The Morgan fingerprint density at radius 2 is 1.29 bits per heavy atom. The van der Waals surface area contributed by atoms with Crippen LogP contribution in [0, 0.1) is 0 Å². The molecule has 10 nitrogen and oxygen atoms in total. The van der Waals surface area contributed by atoms with Gasteiger partial charge in [-0.05, 0) is 90.7 Å². The Balaban J connectivity index is 0.000000242. The number of rotatable bonds is 10. The second kappa shape index (κ2) is 18.7. The lowest BCUT2D eigenvalue weighted by Gasteiger charge is -2.08. The molecule has 242 valence electrons. The predicted octanol–water partition coefficient (Wildman–Crippen LogP) is 6.99. The molecule has 0 heterocycles. The van der Waals surface area contributed by atoms with Gasteiger partial charge in [-0.2, -0.15) is 0 Å². The summed E-state index contributed by atoms with van der Waals surface area (Å²) in [7, 11) is 4.58. The summed E-state index contributed by atoms with van der Waals surface area (Å²) in [6, 6.07) is 23.5.